The van der Waals surface area contributed by atoms with E-state index < -0.39 is 0 Å². The molecule has 0 bridgehead atoms. The molecule has 0 unspecified atom stereocenters. The molecule has 4 aromatic carbocycles. The number of carbonyl (C=O) groups excluding carboxylic acids is 1. The smallest absolute Gasteiger partial charge is 0.271 e. The molecule has 170 valence electrons. The van der Waals surface area contributed by atoms with Crippen molar-refractivity contribution in [2.24, 2.45) is 5.10 Å². The number of benzene rings is 4. The van der Waals surface area contributed by atoms with Crippen LogP contribution in [0.3, 0.4) is 0 Å². The molecule has 0 atom stereocenters. The van der Waals surface area contributed by atoms with Crippen LogP contribution < -0.4 is 14.9 Å². The van der Waals surface area contributed by atoms with Crippen molar-refractivity contribution in [3.63, 3.8) is 0 Å². The minimum Gasteiger partial charge on any atom is -0.489 e. The fourth-order valence-corrected chi connectivity index (χ4v) is 3.21. The van der Waals surface area contributed by atoms with E-state index in [-0.39, 0.29) is 5.91 Å². The third-order valence-corrected chi connectivity index (χ3v) is 5.13. The molecule has 0 saturated carbocycles. The van der Waals surface area contributed by atoms with Gasteiger partial charge < -0.3 is 9.47 Å². The minimum absolute atomic E-state index is 0.294. The van der Waals surface area contributed by atoms with Gasteiger partial charge in [0.25, 0.3) is 5.91 Å². The summed E-state index contributed by atoms with van der Waals surface area (Å²) < 4.78 is 11.6. The van der Waals surface area contributed by atoms with Gasteiger partial charge in [-0.05, 0) is 60.0 Å². The van der Waals surface area contributed by atoms with Crippen molar-refractivity contribution in [3.05, 3.63) is 131 Å². The van der Waals surface area contributed by atoms with E-state index in [9.17, 15) is 4.79 Å². The molecular formula is C29H26N2O3. The van der Waals surface area contributed by atoms with Crippen molar-refractivity contribution >= 4 is 12.1 Å². The number of carbonyl (C=O) groups is 1. The Morgan fingerprint density at radius 2 is 1.44 bits per heavy atom. The van der Waals surface area contributed by atoms with Crippen molar-refractivity contribution in [1.29, 1.82) is 0 Å². The molecule has 0 aliphatic carbocycles. The summed E-state index contributed by atoms with van der Waals surface area (Å²) in [5.41, 5.74) is 7.29. The lowest BCUT2D eigenvalue weighted by Gasteiger charge is -2.07. The largest absolute Gasteiger partial charge is 0.489 e. The summed E-state index contributed by atoms with van der Waals surface area (Å²) in [7, 11) is 0. The maximum absolute atomic E-state index is 12.4. The highest BCUT2D eigenvalue weighted by molar-refractivity contribution is 5.95. The van der Waals surface area contributed by atoms with E-state index in [1.165, 1.54) is 5.56 Å². The number of nitrogens with one attached hydrogen (secondary N) is 1. The van der Waals surface area contributed by atoms with Crippen molar-refractivity contribution < 1.29 is 14.3 Å². The second kappa shape index (κ2) is 11.5. The Kier molecular flexibility index (Phi) is 7.70. The summed E-state index contributed by atoms with van der Waals surface area (Å²) in [6, 6.07) is 32.7. The van der Waals surface area contributed by atoms with E-state index >= 15 is 0 Å². The van der Waals surface area contributed by atoms with Gasteiger partial charge in [-0.25, -0.2) is 5.43 Å². The van der Waals surface area contributed by atoms with Crippen LogP contribution >= 0.6 is 0 Å². The fraction of sp³-hybridized carbons (Fsp3) is 0.103. The first kappa shape index (κ1) is 22.8. The van der Waals surface area contributed by atoms with Gasteiger partial charge in [0.05, 0.1) is 6.21 Å². The number of ether oxygens (including phenoxy) is 2. The lowest BCUT2D eigenvalue weighted by Crippen LogP contribution is -2.17. The van der Waals surface area contributed by atoms with Crippen LogP contribution in [0, 0.1) is 6.92 Å². The lowest BCUT2D eigenvalue weighted by atomic mass is 10.2. The molecule has 4 rings (SSSR count). The zero-order valence-electron chi connectivity index (χ0n) is 19.0. The predicted octanol–water partition coefficient (Wildman–Crippen LogP) is 5.92. The molecule has 0 heterocycles. The normalized spacial score (nSPS) is 10.7. The summed E-state index contributed by atoms with van der Waals surface area (Å²) in [6.45, 7) is 3.02. The quantitative estimate of drug-likeness (QED) is 0.254. The molecule has 4 aromatic rings. The third-order valence-electron chi connectivity index (χ3n) is 5.13. The average Bonchev–Trinajstić information content (AvgIpc) is 2.88. The molecule has 1 N–H and O–H groups in total. The second-order valence-corrected chi connectivity index (χ2v) is 7.84. The maximum atomic E-state index is 12.4. The molecule has 0 fully saturated rings. The maximum Gasteiger partial charge on any atom is 0.271 e. The standard InChI is InChI=1S/C29H26N2O3/c1-22-10-12-24(13-11-22)21-33-27-16-14-26(15-17-27)29(32)31-30-19-25-8-5-9-28(18-25)34-20-23-6-3-2-4-7-23/h2-19H,20-21H2,1H3,(H,31,32). The van der Waals surface area contributed by atoms with Crippen molar-refractivity contribution in [2.45, 2.75) is 20.1 Å². The molecule has 0 saturated heterocycles. The summed E-state index contributed by atoms with van der Waals surface area (Å²) >= 11 is 0. The SMILES string of the molecule is Cc1ccc(COc2ccc(C(=O)NN=Cc3cccc(OCc4ccccc4)c3)cc2)cc1. The van der Waals surface area contributed by atoms with Gasteiger partial charge in [0.2, 0.25) is 0 Å². The topological polar surface area (TPSA) is 59.9 Å². The van der Waals surface area contributed by atoms with Crippen molar-refractivity contribution in [2.75, 3.05) is 0 Å². The Balaban J connectivity index is 1.26. The highest BCUT2D eigenvalue weighted by atomic mass is 16.5. The number of amides is 1. The second-order valence-electron chi connectivity index (χ2n) is 7.84. The zero-order valence-corrected chi connectivity index (χ0v) is 19.0. The van der Waals surface area contributed by atoms with Crippen molar-refractivity contribution in [1.82, 2.24) is 5.43 Å². The van der Waals surface area contributed by atoms with Crippen LogP contribution in [-0.2, 0) is 13.2 Å². The molecule has 0 aliphatic heterocycles. The molecular weight excluding hydrogens is 424 g/mol. The van der Waals surface area contributed by atoms with E-state index in [1.807, 2.05) is 66.7 Å². The van der Waals surface area contributed by atoms with Crippen LogP contribution in [0.1, 0.15) is 32.6 Å². The van der Waals surface area contributed by atoms with Crippen LogP contribution in [-0.4, -0.2) is 12.1 Å². The van der Waals surface area contributed by atoms with E-state index in [4.69, 9.17) is 9.47 Å². The predicted molar refractivity (Wildman–Crippen MR) is 134 cm³/mol. The monoisotopic (exact) mass is 450 g/mol. The van der Waals surface area contributed by atoms with Gasteiger partial charge >= 0.3 is 0 Å². The van der Waals surface area contributed by atoms with Gasteiger partial charge in [0, 0.05) is 5.56 Å². The van der Waals surface area contributed by atoms with Crippen LogP contribution in [0.5, 0.6) is 11.5 Å². The summed E-state index contributed by atoms with van der Waals surface area (Å²) in [5, 5.41) is 4.07. The van der Waals surface area contributed by atoms with Gasteiger partial charge in [-0.15, -0.1) is 0 Å². The molecule has 0 spiro atoms. The van der Waals surface area contributed by atoms with Gasteiger partial charge in [0.15, 0.2) is 0 Å². The van der Waals surface area contributed by atoms with Crippen LogP contribution in [0.15, 0.2) is 108 Å². The molecule has 34 heavy (non-hydrogen) atoms. The molecule has 1 amide bonds. The van der Waals surface area contributed by atoms with Gasteiger partial charge in [-0.3, -0.25) is 4.79 Å². The van der Waals surface area contributed by atoms with Crippen molar-refractivity contribution in [3.8, 4) is 11.5 Å². The number of hydrogen-bond acceptors (Lipinski definition) is 4. The Bertz CT molecular complexity index is 1230. The van der Waals surface area contributed by atoms with Crippen LogP contribution in [0.4, 0.5) is 0 Å². The van der Waals surface area contributed by atoms with Crippen LogP contribution in [0.25, 0.3) is 0 Å². The van der Waals surface area contributed by atoms with E-state index in [0.717, 1.165) is 22.4 Å². The Morgan fingerprint density at radius 1 is 0.765 bits per heavy atom. The Morgan fingerprint density at radius 3 is 2.18 bits per heavy atom. The molecule has 5 heteroatoms. The average molecular weight is 451 g/mol. The molecule has 0 radical (unpaired) electrons. The summed E-state index contributed by atoms with van der Waals surface area (Å²) in [5.74, 6) is 1.14. The first-order valence-electron chi connectivity index (χ1n) is 11.0. The van der Waals surface area contributed by atoms with Gasteiger partial charge in [-0.1, -0.05) is 72.3 Å². The first-order chi connectivity index (χ1) is 16.7. The zero-order chi connectivity index (χ0) is 23.6. The fourth-order valence-electron chi connectivity index (χ4n) is 3.21. The highest BCUT2D eigenvalue weighted by Crippen LogP contribution is 2.16. The lowest BCUT2D eigenvalue weighted by molar-refractivity contribution is 0.0955. The third kappa shape index (κ3) is 6.81. The van der Waals surface area contributed by atoms with Gasteiger partial charge in [0.1, 0.15) is 24.7 Å². The first-order valence-corrected chi connectivity index (χ1v) is 11.0. The number of aryl methyl sites for hydroxylation is 1. The minimum atomic E-state index is -0.294. The van der Waals surface area contributed by atoms with Gasteiger partial charge in [-0.2, -0.15) is 5.10 Å². The number of rotatable bonds is 9. The molecule has 5 nitrogen and oxygen atoms in total. The molecule has 0 aliphatic rings. The van der Waals surface area contributed by atoms with E-state index in [0.29, 0.717) is 24.5 Å². The summed E-state index contributed by atoms with van der Waals surface area (Å²) in [4.78, 5) is 12.4. The van der Waals surface area contributed by atoms with Crippen LogP contribution in [0.2, 0.25) is 0 Å². The van der Waals surface area contributed by atoms with E-state index in [1.54, 1.807) is 30.5 Å². The molecule has 0 aromatic heterocycles. The Labute approximate surface area is 199 Å². The summed E-state index contributed by atoms with van der Waals surface area (Å²) in [6.07, 6.45) is 1.59. The van der Waals surface area contributed by atoms with E-state index in [2.05, 4.69) is 29.6 Å². The number of hydrazone groups is 1. The highest BCUT2D eigenvalue weighted by Gasteiger charge is 2.05. The number of hydrogen-bond donors (Lipinski definition) is 1. The number of nitrogens with zero attached hydrogens (tertiary/aromatic N) is 1. The Hall–Kier alpha value is -4.38.